The molecule has 0 radical (unpaired) electrons. The molecule has 0 rings (SSSR count). The van der Waals surface area contributed by atoms with Crippen LogP contribution >= 0.6 is 0 Å². The van der Waals surface area contributed by atoms with Gasteiger partial charge in [0.2, 0.25) is 0 Å². The Morgan fingerprint density at radius 3 is 2.26 bits per heavy atom. The Kier molecular flexibility index (Phi) is 9.94. The van der Waals surface area contributed by atoms with E-state index in [-0.39, 0.29) is 11.9 Å². The van der Waals surface area contributed by atoms with Crippen molar-refractivity contribution in [3.05, 3.63) is 0 Å². The molecule has 1 N–H and O–H groups in total. The van der Waals surface area contributed by atoms with Gasteiger partial charge in [-0.1, -0.05) is 52.4 Å². The predicted octanol–water partition coefficient (Wildman–Crippen LogP) is 4.08. The highest BCUT2D eigenvalue weighted by atomic mass is 16.5. The fourth-order valence-electron chi connectivity index (χ4n) is 2.47. The largest absolute Gasteiger partial charge is 0.466 e. The van der Waals surface area contributed by atoms with Gasteiger partial charge in [0, 0.05) is 0 Å². The summed E-state index contributed by atoms with van der Waals surface area (Å²) in [5.74, 6) is -0.633. The number of unbranched alkanes of at least 4 members (excludes halogenated alkanes) is 4. The Labute approximate surface area is 118 Å². The Morgan fingerprint density at radius 1 is 1.11 bits per heavy atom. The van der Waals surface area contributed by atoms with Gasteiger partial charge in [0.15, 0.2) is 0 Å². The highest BCUT2D eigenvalue weighted by Gasteiger charge is 2.37. The molecule has 0 aromatic rings. The molecule has 0 aromatic heterocycles. The van der Waals surface area contributed by atoms with Crippen LogP contribution in [-0.2, 0) is 9.53 Å². The second-order valence-electron chi connectivity index (χ2n) is 5.61. The third-order valence-corrected chi connectivity index (χ3v) is 3.69. The fourth-order valence-corrected chi connectivity index (χ4v) is 2.47. The SMILES string of the molecule is CCCCCCCC(C)(O)C(CCC)C(=O)OCC. The van der Waals surface area contributed by atoms with Crippen LogP contribution in [0.4, 0.5) is 0 Å². The number of aliphatic hydroxyl groups is 1. The van der Waals surface area contributed by atoms with Gasteiger partial charge in [0.25, 0.3) is 0 Å². The van der Waals surface area contributed by atoms with Crippen LogP contribution in [0.15, 0.2) is 0 Å². The van der Waals surface area contributed by atoms with Gasteiger partial charge in [0.1, 0.15) is 0 Å². The molecule has 2 unspecified atom stereocenters. The first-order valence-electron chi connectivity index (χ1n) is 7.88. The second kappa shape index (κ2) is 10.2. The van der Waals surface area contributed by atoms with Crippen LogP contribution < -0.4 is 0 Å². The molecule has 0 aliphatic heterocycles. The van der Waals surface area contributed by atoms with E-state index in [9.17, 15) is 9.90 Å². The first kappa shape index (κ1) is 18.4. The van der Waals surface area contributed by atoms with Crippen molar-refractivity contribution in [1.29, 1.82) is 0 Å². The minimum absolute atomic E-state index is 0.247. The second-order valence-corrected chi connectivity index (χ2v) is 5.61. The van der Waals surface area contributed by atoms with Gasteiger partial charge in [-0.25, -0.2) is 0 Å². The van der Waals surface area contributed by atoms with Crippen molar-refractivity contribution in [1.82, 2.24) is 0 Å². The molecule has 0 saturated heterocycles. The summed E-state index contributed by atoms with van der Waals surface area (Å²) >= 11 is 0. The van der Waals surface area contributed by atoms with Crippen molar-refractivity contribution in [3.8, 4) is 0 Å². The van der Waals surface area contributed by atoms with Crippen LogP contribution in [0.3, 0.4) is 0 Å². The van der Waals surface area contributed by atoms with Gasteiger partial charge < -0.3 is 9.84 Å². The molecule has 19 heavy (non-hydrogen) atoms. The van der Waals surface area contributed by atoms with Gasteiger partial charge in [-0.05, 0) is 26.7 Å². The molecule has 0 aliphatic carbocycles. The summed E-state index contributed by atoms with van der Waals surface area (Å²) in [6, 6.07) is 0. The normalized spacial score (nSPS) is 15.8. The number of carbonyl (C=O) groups is 1. The Bertz CT molecular complexity index is 236. The number of ether oxygens (including phenoxy) is 1. The quantitative estimate of drug-likeness (QED) is 0.455. The van der Waals surface area contributed by atoms with Crippen LogP contribution in [0.1, 0.15) is 79.1 Å². The van der Waals surface area contributed by atoms with Gasteiger partial charge in [0.05, 0.1) is 18.1 Å². The number of hydrogen-bond acceptors (Lipinski definition) is 3. The first-order chi connectivity index (χ1) is 8.99. The van der Waals surface area contributed by atoms with E-state index in [1.54, 1.807) is 13.8 Å². The van der Waals surface area contributed by atoms with E-state index >= 15 is 0 Å². The monoisotopic (exact) mass is 272 g/mol. The average molecular weight is 272 g/mol. The lowest BCUT2D eigenvalue weighted by molar-refractivity contribution is -0.158. The number of rotatable bonds is 11. The molecule has 0 bridgehead atoms. The standard InChI is InChI=1S/C16H32O3/c1-5-8-9-10-11-13-16(4,18)14(12-6-2)15(17)19-7-3/h14,18H,5-13H2,1-4H3. The lowest BCUT2D eigenvalue weighted by atomic mass is 9.81. The summed E-state index contributed by atoms with van der Waals surface area (Å²) in [6.07, 6.45) is 8.05. The molecule has 3 nitrogen and oxygen atoms in total. The van der Waals surface area contributed by atoms with Crippen LogP contribution in [0.5, 0.6) is 0 Å². The van der Waals surface area contributed by atoms with Gasteiger partial charge in [-0.2, -0.15) is 0 Å². The first-order valence-corrected chi connectivity index (χ1v) is 7.88. The molecule has 0 heterocycles. The molecule has 0 amide bonds. The van der Waals surface area contributed by atoms with Crippen LogP contribution in [-0.4, -0.2) is 23.3 Å². The highest BCUT2D eigenvalue weighted by Crippen LogP contribution is 2.29. The van der Waals surface area contributed by atoms with E-state index in [2.05, 4.69) is 6.92 Å². The van der Waals surface area contributed by atoms with Crippen molar-refractivity contribution in [2.45, 2.75) is 84.7 Å². The third kappa shape index (κ3) is 7.56. The lowest BCUT2D eigenvalue weighted by Gasteiger charge is -2.31. The molecular weight excluding hydrogens is 240 g/mol. The zero-order valence-electron chi connectivity index (χ0n) is 13.2. The number of esters is 1. The predicted molar refractivity (Wildman–Crippen MR) is 79.0 cm³/mol. The molecule has 114 valence electrons. The van der Waals surface area contributed by atoms with E-state index in [0.29, 0.717) is 19.4 Å². The summed E-state index contributed by atoms with van der Waals surface area (Å²) < 4.78 is 5.09. The molecule has 0 aliphatic rings. The van der Waals surface area contributed by atoms with Crippen molar-refractivity contribution in [3.63, 3.8) is 0 Å². The van der Waals surface area contributed by atoms with Crippen molar-refractivity contribution < 1.29 is 14.6 Å². The van der Waals surface area contributed by atoms with E-state index in [4.69, 9.17) is 4.74 Å². The van der Waals surface area contributed by atoms with Gasteiger partial charge in [-0.3, -0.25) is 4.79 Å². The summed E-state index contributed by atoms with van der Waals surface area (Å²) in [5, 5.41) is 10.6. The van der Waals surface area contributed by atoms with Crippen LogP contribution in [0, 0.1) is 5.92 Å². The Morgan fingerprint density at radius 2 is 1.74 bits per heavy atom. The maximum absolute atomic E-state index is 11.9. The van der Waals surface area contributed by atoms with E-state index < -0.39 is 5.60 Å². The zero-order chi connectivity index (χ0) is 14.7. The fraction of sp³-hybridized carbons (Fsp3) is 0.938. The number of hydrogen-bond donors (Lipinski definition) is 1. The van der Waals surface area contributed by atoms with Crippen LogP contribution in [0.2, 0.25) is 0 Å². The van der Waals surface area contributed by atoms with Gasteiger partial charge in [-0.15, -0.1) is 0 Å². The zero-order valence-corrected chi connectivity index (χ0v) is 13.2. The molecule has 3 heteroatoms. The lowest BCUT2D eigenvalue weighted by Crippen LogP contribution is -2.40. The molecule has 0 aromatic carbocycles. The van der Waals surface area contributed by atoms with Crippen molar-refractivity contribution >= 4 is 5.97 Å². The smallest absolute Gasteiger partial charge is 0.311 e. The summed E-state index contributed by atoms with van der Waals surface area (Å²) in [6.45, 7) is 8.19. The third-order valence-electron chi connectivity index (χ3n) is 3.69. The van der Waals surface area contributed by atoms with Gasteiger partial charge >= 0.3 is 5.97 Å². The summed E-state index contributed by atoms with van der Waals surface area (Å²) in [7, 11) is 0. The highest BCUT2D eigenvalue weighted by molar-refractivity contribution is 5.73. The van der Waals surface area contributed by atoms with Crippen LogP contribution in [0.25, 0.3) is 0 Å². The maximum Gasteiger partial charge on any atom is 0.311 e. The minimum Gasteiger partial charge on any atom is -0.466 e. The van der Waals surface area contributed by atoms with Crippen molar-refractivity contribution in [2.24, 2.45) is 5.92 Å². The summed E-state index contributed by atoms with van der Waals surface area (Å²) in [5.41, 5.74) is -0.936. The molecule has 0 spiro atoms. The molecule has 0 saturated carbocycles. The minimum atomic E-state index is -0.936. The number of carbonyl (C=O) groups excluding carboxylic acids is 1. The average Bonchev–Trinajstić information content (AvgIpc) is 2.35. The summed E-state index contributed by atoms with van der Waals surface area (Å²) in [4.78, 5) is 11.9. The Balaban J connectivity index is 4.30. The topological polar surface area (TPSA) is 46.5 Å². The van der Waals surface area contributed by atoms with E-state index in [1.807, 2.05) is 6.92 Å². The molecule has 2 atom stereocenters. The van der Waals surface area contributed by atoms with E-state index in [1.165, 1.54) is 19.3 Å². The van der Waals surface area contributed by atoms with Crippen molar-refractivity contribution in [2.75, 3.05) is 6.61 Å². The Hall–Kier alpha value is -0.570. The molecule has 0 fully saturated rings. The molecular formula is C16H32O3. The maximum atomic E-state index is 11.9. The van der Waals surface area contributed by atoms with E-state index in [0.717, 1.165) is 19.3 Å².